The molecule has 1 atom stereocenters. The van der Waals surface area contributed by atoms with E-state index in [1.807, 2.05) is 11.9 Å². The molecule has 20 heavy (non-hydrogen) atoms. The van der Waals surface area contributed by atoms with Gasteiger partial charge in [-0.25, -0.2) is 13.4 Å². The lowest BCUT2D eigenvalue weighted by atomic mass is 10.3. The highest BCUT2D eigenvalue weighted by Crippen LogP contribution is 2.30. The van der Waals surface area contributed by atoms with Crippen LogP contribution in [0.2, 0.25) is 0 Å². The van der Waals surface area contributed by atoms with Crippen LogP contribution in [0.4, 0.5) is 5.13 Å². The van der Waals surface area contributed by atoms with Gasteiger partial charge in [0.25, 0.3) is 0 Å². The van der Waals surface area contributed by atoms with Gasteiger partial charge in [-0.05, 0) is 14.0 Å². The van der Waals surface area contributed by atoms with Crippen LogP contribution in [0.3, 0.4) is 0 Å². The highest BCUT2D eigenvalue weighted by atomic mass is 32.2. The van der Waals surface area contributed by atoms with E-state index in [1.54, 1.807) is 6.92 Å². The minimum atomic E-state index is -3.51. The molecule has 6 nitrogen and oxygen atoms in total. The molecule has 1 aliphatic heterocycles. The van der Waals surface area contributed by atoms with Gasteiger partial charge in [-0.2, -0.15) is 0 Å². The molecule has 112 valence electrons. The standard InChI is InChI=1S/C12H20N4O2S2/c1-4-10(16-7-5-15(3)6-8-16)20(17,18)11-9(2)14-12(13)19-11/h4,10H,1,5-8H2,2-3H3,(H2,13,14). The quantitative estimate of drug-likeness (QED) is 0.818. The highest BCUT2D eigenvalue weighted by Gasteiger charge is 2.34. The van der Waals surface area contributed by atoms with Crippen LogP contribution < -0.4 is 5.73 Å². The third kappa shape index (κ3) is 2.88. The second kappa shape index (κ2) is 5.80. The van der Waals surface area contributed by atoms with Gasteiger partial charge in [0.1, 0.15) is 9.58 Å². The van der Waals surface area contributed by atoms with Crippen molar-refractivity contribution in [1.82, 2.24) is 14.8 Å². The average molecular weight is 316 g/mol. The van der Waals surface area contributed by atoms with Crippen molar-refractivity contribution in [2.45, 2.75) is 16.5 Å². The van der Waals surface area contributed by atoms with Crippen LogP contribution >= 0.6 is 11.3 Å². The van der Waals surface area contributed by atoms with Gasteiger partial charge in [-0.1, -0.05) is 17.4 Å². The Balaban J connectivity index is 2.31. The highest BCUT2D eigenvalue weighted by molar-refractivity contribution is 7.94. The van der Waals surface area contributed by atoms with Crippen LogP contribution in [0.15, 0.2) is 16.9 Å². The van der Waals surface area contributed by atoms with Crippen molar-refractivity contribution >= 4 is 26.3 Å². The maximum absolute atomic E-state index is 12.8. The first-order valence-electron chi connectivity index (χ1n) is 6.38. The van der Waals surface area contributed by atoms with E-state index in [1.165, 1.54) is 6.08 Å². The Kier molecular flexibility index (Phi) is 4.48. The van der Waals surface area contributed by atoms with E-state index in [0.29, 0.717) is 18.8 Å². The maximum Gasteiger partial charge on any atom is 0.209 e. The number of sulfone groups is 1. The summed E-state index contributed by atoms with van der Waals surface area (Å²) in [5, 5.41) is -0.433. The number of hydrogen-bond donors (Lipinski definition) is 1. The number of aryl methyl sites for hydroxylation is 1. The lowest BCUT2D eigenvalue weighted by molar-refractivity contribution is 0.154. The van der Waals surface area contributed by atoms with Crippen LogP contribution in [0.1, 0.15) is 5.69 Å². The number of thiazole rings is 1. The predicted molar refractivity (Wildman–Crippen MR) is 81.5 cm³/mol. The molecule has 0 aliphatic carbocycles. The first-order chi connectivity index (χ1) is 9.36. The first kappa shape index (κ1) is 15.4. The zero-order valence-corrected chi connectivity index (χ0v) is 13.4. The lowest BCUT2D eigenvalue weighted by Crippen LogP contribution is -2.50. The SMILES string of the molecule is C=CC(N1CCN(C)CC1)S(=O)(=O)c1sc(N)nc1C. The Morgan fingerprint density at radius 2 is 2.00 bits per heavy atom. The number of nitrogen functional groups attached to an aromatic ring is 1. The topological polar surface area (TPSA) is 79.5 Å². The average Bonchev–Trinajstić information content (AvgIpc) is 2.72. The summed E-state index contributed by atoms with van der Waals surface area (Å²) in [6, 6.07) is 0. The van der Waals surface area contributed by atoms with E-state index >= 15 is 0 Å². The van der Waals surface area contributed by atoms with E-state index in [-0.39, 0.29) is 9.34 Å². The van der Waals surface area contributed by atoms with E-state index in [9.17, 15) is 8.42 Å². The second-order valence-electron chi connectivity index (χ2n) is 4.94. The molecule has 0 saturated carbocycles. The van der Waals surface area contributed by atoms with Crippen molar-refractivity contribution in [3.63, 3.8) is 0 Å². The molecule has 2 rings (SSSR count). The molecule has 2 N–H and O–H groups in total. The Bertz CT molecular complexity index is 589. The minimum Gasteiger partial charge on any atom is -0.375 e. The zero-order chi connectivity index (χ0) is 14.9. The molecular weight excluding hydrogens is 296 g/mol. The monoisotopic (exact) mass is 316 g/mol. The molecule has 0 radical (unpaired) electrons. The Morgan fingerprint density at radius 1 is 1.40 bits per heavy atom. The fourth-order valence-electron chi connectivity index (χ4n) is 2.32. The van der Waals surface area contributed by atoms with E-state index in [2.05, 4.69) is 16.5 Å². The molecule has 8 heteroatoms. The van der Waals surface area contributed by atoms with Gasteiger partial charge in [-0.15, -0.1) is 6.58 Å². The summed E-state index contributed by atoms with van der Waals surface area (Å²) in [6.07, 6.45) is 1.50. The summed E-state index contributed by atoms with van der Waals surface area (Å²) in [7, 11) is -1.48. The van der Waals surface area contributed by atoms with E-state index in [0.717, 1.165) is 24.4 Å². The predicted octanol–water partition coefficient (Wildman–Crippen LogP) is 0.567. The number of hydrogen-bond acceptors (Lipinski definition) is 7. The van der Waals surface area contributed by atoms with E-state index in [4.69, 9.17) is 5.73 Å². The van der Waals surface area contributed by atoms with Crippen LogP contribution in [-0.2, 0) is 9.84 Å². The number of nitrogens with zero attached hydrogens (tertiary/aromatic N) is 3. The minimum absolute atomic E-state index is 0.249. The van der Waals surface area contributed by atoms with Crippen LogP contribution in [0.25, 0.3) is 0 Å². The molecule has 1 aliphatic rings. The normalized spacial score (nSPS) is 19.9. The molecular formula is C12H20N4O2S2. The third-order valence-electron chi connectivity index (χ3n) is 3.45. The van der Waals surface area contributed by atoms with Gasteiger partial charge < -0.3 is 10.6 Å². The molecule has 1 aromatic heterocycles. The van der Waals surface area contributed by atoms with Crippen molar-refractivity contribution in [3.05, 3.63) is 18.3 Å². The lowest BCUT2D eigenvalue weighted by Gasteiger charge is -2.36. The number of anilines is 1. The molecule has 2 heterocycles. The number of piperazine rings is 1. The van der Waals surface area contributed by atoms with Gasteiger partial charge in [0.05, 0.1) is 5.69 Å². The van der Waals surface area contributed by atoms with Gasteiger partial charge in [-0.3, -0.25) is 4.90 Å². The Hall–Kier alpha value is -0.960. The van der Waals surface area contributed by atoms with Crippen LogP contribution in [0, 0.1) is 6.92 Å². The molecule has 1 saturated heterocycles. The Morgan fingerprint density at radius 3 is 2.45 bits per heavy atom. The third-order valence-corrected chi connectivity index (χ3v) is 7.11. The number of nitrogens with two attached hydrogens (primary N) is 1. The fourth-order valence-corrected chi connectivity index (χ4v) is 5.44. The molecule has 1 fully saturated rings. The number of aromatic nitrogens is 1. The first-order valence-corrected chi connectivity index (χ1v) is 8.74. The molecule has 0 aromatic carbocycles. The molecule has 1 aromatic rings. The van der Waals surface area contributed by atoms with Gasteiger partial charge >= 0.3 is 0 Å². The summed E-state index contributed by atoms with van der Waals surface area (Å²) >= 11 is 1.02. The number of rotatable bonds is 4. The van der Waals surface area contributed by atoms with Crippen molar-refractivity contribution in [2.75, 3.05) is 39.0 Å². The largest absolute Gasteiger partial charge is 0.375 e. The Labute approximate surface area is 123 Å². The summed E-state index contributed by atoms with van der Waals surface area (Å²) < 4.78 is 25.8. The second-order valence-corrected chi connectivity index (χ2v) is 8.21. The van der Waals surface area contributed by atoms with Gasteiger partial charge in [0.15, 0.2) is 5.13 Å². The van der Waals surface area contributed by atoms with E-state index < -0.39 is 15.2 Å². The van der Waals surface area contributed by atoms with Crippen LogP contribution in [0.5, 0.6) is 0 Å². The number of likely N-dealkylation sites (N-methyl/N-ethyl adjacent to an activating group) is 1. The molecule has 1 unspecified atom stereocenters. The molecule has 0 amide bonds. The smallest absolute Gasteiger partial charge is 0.209 e. The van der Waals surface area contributed by atoms with Gasteiger partial charge in [0, 0.05) is 26.2 Å². The molecule has 0 spiro atoms. The fraction of sp³-hybridized carbons (Fsp3) is 0.583. The van der Waals surface area contributed by atoms with Crippen molar-refractivity contribution in [2.24, 2.45) is 0 Å². The zero-order valence-electron chi connectivity index (χ0n) is 11.7. The summed E-state index contributed by atoms with van der Waals surface area (Å²) in [4.78, 5) is 8.13. The maximum atomic E-state index is 12.8. The summed E-state index contributed by atoms with van der Waals surface area (Å²) in [6.45, 7) is 8.49. The van der Waals surface area contributed by atoms with Gasteiger partial charge in [0.2, 0.25) is 9.84 Å². The summed E-state index contributed by atoms with van der Waals surface area (Å²) in [5.74, 6) is 0. The van der Waals surface area contributed by atoms with Crippen LogP contribution in [-0.4, -0.2) is 61.8 Å². The summed E-state index contributed by atoms with van der Waals surface area (Å²) in [5.41, 5.74) is 6.08. The van der Waals surface area contributed by atoms with Crippen molar-refractivity contribution in [3.8, 4) is 0 Å². The molecule has 0 bridgehead atoms. The van der Waals surface area contributed by atoms with Crippen molar-refractivity contribution < 1.29 is 8.42 Å². The van der Waals surface area contributed by atoms with Crippen molar-refractivity contribution in [1.29, 1.82) is 0 Å².